The summed E-state index contributed by atoms with van der Waals surface area (Å²) < 4.78 is 0. The second-order valence-corrected chi connectivity index (χ2v) is 4.85. The summed E-state index contributed by atoms with van der Waals surface area (Å²) in [5.41, 5.74) is 0. The minimum atomic E-state index is -1.18. The van der Waals surface area contributed by atoms with E-state index in [9.17, 15) is 14.4 Å². The highest BCUT2D eigenvalue weighted by Gasteiger charge is 2.32. The largest absolute Gasteiger partial charge is 0.481 e. The summed E-state index contributed by atoms with van der Waals surface area (Å²) in [6.45, 7) is 1.98. The molecule has 2 unspecified atom stereocenters. The van der Waals surface area contributed by atoms with E-state index in [1.54, 1.807) is 0 Å². The van der Waals surface area contributed by atoms with E-state index in [0.717, 1.165) is 19.3 Å². The van der Waals surface area contributed by atoms with Crippen LogP contribution in [0.2, 0.25) is 0 Å². The van der Waals surface area contributed by atoms with Crippen molar-refractivity contribution in [3.63, 3.8) is 0 Å². The van der Waals surface area contributed by atoms with Gasteiger partial charge < -0.3 is 15.5 Å². The molecule has 1 saturated carbocycles. The molecule has 3 N–H and O–H groups in total. The first kappa shape index (κ1) is 14.5. The Hall–Kier alpha value is -1.59. The fraction of sp³-hybridized carbons (Fsp3) is 0.750. The van der Waals surface area contributed by atoms with Crippen molar-refractivity contribution in [2.45, 2.75) is 45.1 Å². The van der Waals surface area contributed by atoms with Crippen molar-refractivity contribution >= 4 is 17.8 Å². The third-order valence-corrected chi connectivity index (χ3v) is 3.46. The fourth-order valence-corrected chi connectivity index (χ4v) is 2.34. The molecule has 0 aromatic carbocycles. The summed E-state index contributed by atoms with van der Waals surface area (Å²) in [4.78, 5) is 33.2. The third-order valence-electron chi connectivity index (χ3n) is 3.46. The first-order chi connectivity index (χ1) is 8.41. The van der Waals surface area contributed by atoms with Gasteiger partial charge in [-0.2, -0.15) is 0 Å². The number of carbonyl (C=O) groups is 3. The zero-order chi connectivity index (χ0) is 13.7. The second-order valence-electron chi connectivity index (χ2n) is 4.85. The predicted molar refractivity (Wildman–Crippen MR) is 62.9 cm³/mol. The van der Waals surface area contributed by atoms with Gasteiger partial charge in [0.05, 0.1) is 0 Å². The standard InChI is InChI=1S/C12H19NO5/c1-7-3-2-4-8(7)11(16)13-9(12(17)18)5-6-10(14)15/h7-9H,2-6H2,1H3,(H,13,16)(H,14,15)(H,17,18)/t7?,8?,9-/m0/s1. The Morgan fingerprint density at radius 3 is 2.39 bits per heavy atom. The van der Waals surface area contributed by atoms with Crippen LogP contribution in [0.25, 0.3) is 0 Å². The van der Waals surface area contributed by atoms with E-state index in [2.05, 4.69) is 5.32 Å². The Kier molecular flexibility index (Phi) is 5.12. The first-order valence-corrected chi connectivity index (χ1v) is 6.16. The SMILES string of the molecule is CC1CCCC1C(=O)N[C@@H](CCC(=O)O)C(=O)O. The molecule has 18 heavy (non-hydrogen) atoms. The quantitative estimate of drug-likeness (QED) is 0.654. The highest BCUT2D eigenvalue weighted by molar-refractivity contribution is 5.85. The van der Waals surface area contributed by atoms with E-state index in [0.29, 0.717) is 0 Å². The minimum absolute atomic E-state index is 0.0858. The topological polar surface area (TPSA) is 104 Å². The van der Waals surface area contributed by atoms with Gasteiger partial charge >= 0.3 is 11.9 Å². The smallest absolute Gasteiger partial charge is 0.326 e. The van der Waals surface area contributed by atoms with Crippen molar-refractivity contribution in [1.29, 1.82) is 0 Å². The molecule has 1 aliphatic rings. The van der Waals surface area contributed by atoms with Gasteiger partial charge in [0.15, 0.2) is 0 Å². The van der Waals surface area contributed by atoms with Gasteiger partial charge in [-0.05, 0) is 25.2 Å². The van der Waals surface area contributed by atoms with Gasteiger partial charge in [-0.1, -0.05) is 13.3 Å². The summed E-state index contributed by atoms with van der Waals surface area (Å²) in [6, 6.07) is -1.11. The van der Waals surface area contributed by atoms with Crippen LogP contribution in [0.4, 0.5) is 0 Å². The number of rotatable bonds is 6. The highest BCUT2D eigenvalue weighted by Crippen LogP contribution is 2.31. The van der Waals surface area contributed by atoms with Gasteiger partial charge in [0.25, 0.3) is 0 Å². The van der Waals surface area contributed by atoms with Crippen LogP contribution in [0.1, 0.15) is 39.0 Å². The van der Waals surface area contributed by atoms with Crippen molar-refractivity contribution < 1.29 is 24.6 Å². The van der Waals surface area contributed by atoms with Gasteiger partial charge in [-0.15, -0.1) is 0 Å². The van der Waals surface area contributed by atoms with Gasteiger partial charge in [0.2, 0.25) is 5.91 Å². The first-order valence-electron chi connectivity index (χ1n) is 6.16. The van der Waals surface area contributed by atoms with E-state index in [1.807, 2.05) is 6.92 Å². The average molecular weight is 257 g/mol. The van der Waals surface area contributed by atoms with Crippen LogP contribution >= 0.6 is 0 Å². The van der Waals surface area contributed by atoms with Gasteiger partial charge in [0.1, 0.15) is 6.04 Å². The molecule has 1 rings (SSSR count). The number of hydrogen-bond acceptors (Lipinski definition) is 3. The lowest BCUT2D eigenvalue weighted by molar-refractivity contribution is -0.143. The van der Waals surface area contributed by atoms with E-state index in [1.165, 1.54) is 0 Å². The summed E-state index contributed by atoms with van der Waals surface area (Å²) in [5.74, 6) is -2.40. The van der Waals surface area contributed by atoms with Crippen molar-refractivity contribution in [2.24, 2.45) is 11.8 Å². The van der Waals surface area contributed by atoms with Crippen LogP contribution in [0.15, 0.2) is 0 Å². The molecule has 6 nitrogen and oxygen atoms in total. The normalized spacial score (nSPS) is 24.5. The Morgan fingerprint density at radius 2 is 1.94 bits per heavy atom. The number of carboxylic acid groups (broad SMARTS) is 2. The Labute approximate surface area is 105 Å². The predicted octanol–water partition coefficient (Wildman–Crippen LogP) is 0.857. The summed E-state index contributed by atoms with van der Waals surface area (Å²) in [7, 11) is 0. The molecule has 0 aliphatic heterocycles. The van der Waals surface area contributed by atoms with E-state index < -0.39 is 18.0 Å². The lowest BCUT2D eigenvalue weighted by Gasteiger charge is -2.19. The maximum absolute atomic E-state index is 11.9. The maximum atomic E-state index is 11.9. The van der Waals surface area contributed by atoms with Gasteiger partial charge in [-0.3, -0.25) is 9.59 Å². The number of aliphatic carboxylic acids is 2. The summed E-state index contributed by atoms with van der Waals surface area (Å²) in [6.07, 6.45) is 2.38. The summed E-state index contributed by atoms with van der Waals surface area (Å²) >= 11 is 0. The molecule has 3 atom stereocenters. The molecule has 0 saturated heterocycles. The number of hydrogen-bond donors (Lipinski definition) is 3. The Bertz CT molecular complexity index is 341. The lowest BCUT2D eigenvalue weighted by atomic mass is 9.96. The molecule has 6 heteroatoms. The van der Waals surface area contributed by atoms with E-state index in [-0.39, 0.29) is 30.6 Å². The molecule has 1 fully saturated rings. The van der Waals surface area contributed by atoms with E-state index >= 15 is 0 Å². The highest BCUT2D eigenvalue weighted by atomic mass is 16.4. The molecule has 0 radical (unpaired) electrons. The Morgan fingerprint density at radius 1 is 1.28 bits per heavy atom. The van der Waals surface area contributed by atoms with E-state index in [4.69, 9.17) is 10.2 Å². The molecule has 1 amide bonds. The molecule has 0 heterocycles. The zero-order valence-corrected chi connectivity index (χ0v) is 10.4. The molecule has 0 aromatic rings. The number of carboxylic acids is 2. The molecule has 1 aliphatic carbocycles. The average Bonchev–Trinajstić information content (AvgIpc) is 2.69. The molecule has 102 valence electrons. The zero-order valence-electron chi connectivity index (χ0n) is 10.4. The van der Waals surface area contributed by atoms with Crippen molar-refractivity contribution in [3.8, 4) is 0 Å². The number of amides is 1. The Balaban J connectivity index is 2.52. The molecular weight excluding hydrogens is 238 g/mol. The lowest BCUT2D eigenvalue weighted by Crippen LogP contribution is -2.44. The second kappa shape index (κ2) is 6.37. The minimum Gasteiger partial charge on any atom is -0.481 e. The number of nitrogens with one attached hydrogen (secondary N) is 1. The van der Waals surface area contributed by atoms with Gasteiger partial charge in [0, 0.05) is 12.3 Å². The van der Waals surface area contributed by atoms with Crippen molar-refractivity contribution in [1.82, 2.24) is 5.32 Å². The van der Waals surface area contributed by atoms with Crippen molar-refractivity contribution in [2.75, 3.05) is 0 Å². The van der Waals surface area contributed by atoms with Crippen LogP contribution in [-0.4, -0.2) is 34.1 Å². The molecule has 0 bridgehead atoms. The van der Waals surface area contributed by atoms with Gasteiger partial charge in [-0.25, -0.2) is 4.79 Å². The van der Waals surface area contributed by atoms with Crippen LogP contribution in [0.3, 0.4) is 0 Å². The van der Waals surface area contributed by atoms with Crippen LogP contribution < -0.4 is 5.32 Å². The molecule has 0 spiro atoms. The van der Waals surface area contributed by atoms with Crippen LogP contribution in [-0.2, 0) is 14.4 Å². The van der Waals surface area contributed by atoms with Crippen LogP contribution in [0, 0.1) is 11.8 Å². The van der Waals surface area contributed by atoms with Crippen molar-refractivity contribution in [3.05, 3.63) is 0 Å². The maximum Gasteiger partial charge on any atom is 0.326 e. The number of carbonyl (C=O) groups excluding carboxylic acids is 1. The molecule has 0 aromatic heterocycles. The third kappa shape index (κ3) is 4.01. The fourth-order valence-electron chi connectivity index (χ4n) is 2.34. The summed E-state index contributed by atoms with van der Waals surface area (Å²) in [5, 5.41) is 19.9. The monoisotopic (exact) mass is 257 g/mol. The van der Waals surface area contributed by atoms with Crippen LogP contribution in [0.5, 0.6) is 0 Å². The molecular formula is C12H19NO5.